The van der Waals surface area contributed by atoms with Gasteiger partial charge in [0.1, 0.15) is 23.7 Å². The molecule has 2 saturated heterocycles. The fraction of sp³-hybridized carbons (Fsp3) is 0.576. The van der Waals surface area contributed by atoms with Gasteiger partial charge < -0.3 is 29.7 Å². The molecule has 1 aromatic carbocycles. The van der Waals surface area contributed by atoms with Crippen molar-refractivity contribution in [1.29, 1.82) is 0 Å². The van der Waals surface area contributed by atoms with Crippen molar-refractivity contribution in [2.75, 3.05) is 13.2 Å². The second-order valence-corrected chi connectivity index (χ2v) is 12.2. The molecule has 10 nitrogen and oxygen atoms in total. The van der Waals surface area contributed by atoms with Crippen LogP contribution in [0.4, 0.5) is 0 Å². The highest BCUT2D eigenvalue weighted by molar-refractivity contribution is 5.99. The molecule has 9 atom stereocenters. The minimum atomic E-state index is -1.37. The van der Waals surface area contributed by atoms with Gasteiger partial charge in [0, 0.05) is 19.0 Å². The normalized spacial score (nSPS) is 35.0. The number of hydrogen-bond donors (Lipinski definition) is 2. The van der Waals surface area contributed by atoms with E-state index in [1.807, 2.05) is 56.3 Å². The number of cyclic esters (lactones) is 1. The largest absolute Gasteiger partial charge is 0.455 e. The molecule has 5 bridgehead atoms. The van der Waals surface area contributed by atoms with E-state index in [1.54, 1.807) is 30.9 Å². The van der Waals surface area contributed by atoms with Crippen LogP contribution in [-0.4, -0.2) is 87.6 Å². The Morgan fingerprint density at radius 2 is 1.81 bits per heavy atom. The Labute approximate surface area is 253 Å². The van der Waals surface area contributed by atoms with Gasteiger partial charge in [0.05, 0.1) is 30.7 Å². The Hall–Kier alpha value is -3.50. The van der Waals surface area contributed by atoms with Crippen LogP contribution in [0.1, 0.15) is 65.0 Å². The van der Waals surface area contributed by atoms with Crippen molar-refractivity contribution in [3.8, 4) is 0 Å². The van der Waals surface area contributed by atoms with Gasteiger partial charge in [0.2, 0.25) is 17.7 Å². The number of carbonyl (C=O) groups is 4. The highest BCUT2D eigenvalue weighted by atomic mass is 16.6. The van der Waals surface area contributed by atoms with Crippen LogP contribution in [0.2, 0.25) is 0 Å². The number of likely N-dealkylation sites (tertiary alicyclic amines) is 1. The molecule has 2 N–H and O–H groups in total. The van der Waals surface area contributed by atoms with Crippen molar-refractivity contribution in [3.05, 3.63) is 60.2 Å². The van der Waals surface area contributed by atoms with Gasteiger partial charge in [0.25, 0.3) is 0 Å². The summed E-state index contributed by atoms with van der Waals surface area (Å²) in [6, 6.07) is 6.76. The number of aliphatic hydroxyl groups excluding tert-OH is 1. The Bertz CT molecular complexity index is 1280. The van der Waals surface area contributed by atoms with E-state index >= 15 is 0 Å². The number of hydrogen-bond acceptors (Lipinski definition) is 7. The molecule has 0 aliphatic carbocycles. The molecule has 4 heterocycles. The maximum atomic E-state index is 14.5. The molecule has 2 fully saturated rings. The predicted octanol–water partition coefficient (Wildman–Crippen LogP) is 2.67. The summed E-state index contributed by atoms with van der Waals surface area (Å²) >= 11 is 0. The molecule has 4 aliphatic heterocycles. The summed E-state index contributed by atoms with van der Waals surface area (Å²) in [6.45, 7) is 7.45. The Morgan fingerprint density at radius 3 is 2.51 bits per heavy atom. The molecule has 0 aromatic heterocycles. The molecule has 232 valence electrons. The molecular weight excluding hydrogens is 550 g/mol. The first-order valence-electron chi connectivity index (χ1n) is 15.4. The minimum absolute atomic E-state index is 0.139. The summed E-state index contributed by atoms with van der Waals surface area (Å²) < 4.78 is 12.6. The van der Waals surface area contributed by atoms with Crippen molar-refractivity contribution in [2.24, 2.45) is 11.8 Å². The standard InChI is InChI=1S/C33H43N3O7/c1-5-12-20(2)35-18-11-7-10-15-25(38)34-22(4)28(23-13-8-6-9-14-23)42-32(41)26-24-16-17-33(43-24)27(26)30(39)36(21(3)19-37)29(33)31(35)40/h6-9,11,13-14,16-17,20-22,24,26-29,37H,5,10,12,15,18-19H2,1-4H3,(H,34,38)/b11-7-/t20?,21-,22-,24+,26-,27-,28+,29+,33-/m1/s1. The van der Waals surface area contributed by atoms with E-state index in [4.69, 9.17) is 9.47 Å². The van der Waals surface area contributed by atoms with Crippen LogP contribution in [0, 0.1) is 11.8 Å². The van der Waals surface area contributed by atoms with E-state index in [1.165, 1.54) is 4.90 Å². The van der Waals surface area contributed by atoms with Crippen LogP contribution in [0.15, 0.2) is 54.6 Å². The zero-order valence-corrected chi connectivity index (χ0v) is 25.3. The van der Waals surface area contributed by atoms with E-state index in [2.05, 4.69) is 5.32 Å². The number of amides is 3. The van der Waals surface area contributed by atoms with Crippen molar-refractivity contribution < 1.29 is 33.8 Å². The topological polar surface area (TPSA) is 125 Å². The van der Waals surface area contributed by atoms with E-state index in [-0.39, 0.29) is 30.9 Å². The number of aliphatic hydroxyl groups is 1. The molecular formula is C33H43N3O7. The van der Waals surface area contributed by atoms with E-state index in [0.29, 0.717) is 18.5 Å². The number of esters is 1. The first-order valence-corrected chi connectivity index (χ1v) is 15.4. The smallest absolute Gasteiger partial charge is 0.313 e. The first-order chi connectivity index (χ1) is 20.6. The number of ether oxygens (including phenoxy) is 2. The van der Waals surface area contributed by atoms with Gasteiger partial charge in [-0.3, -0.25) is 19.2 Å². The van der Waals surface area contributed by atoms with Crippen LogP contribution in [0.5, 0.6) is 0 Å². The monoisotopic (exact) mass is 593 g/mol. The number of nitrogens with one attached hydrogen (secondary N) is 1. The zero-order valence-electron chi connectivity index (χ0n) is 25.3. The number of carbonyl (C=O) groups excluding carboxylic acids is 4. The molecule has 4 aliphatic rings. The third-order valence-electron chi connectivity index (χ3n) is 9.30. The number of allylic oxidation sites excluding steroid dienone is 1. The van der Waals surface area contributed by atoms with Gasteiger partial charge in [-0.2, -0.15) is 0 Å². The van der Waals surface area contributed by atoms with Crippen molar-refractivity contribution >= 4 is 23.7 Å². The number of nitrogens with zero attached hydrogens (tertiary/aromatic N) is 2. The number of benzene rings is 1. The van der Waals surface area contributed by atoms with E-state index < -0.39 is 59.6 Å². The van der Waals surface area contributed by atoms with Crippen molar-refractivity contribution in [2.45, 2.75) is 95.4 Å². The molecule has 1 aromatic rings. The average Bonchev–Trinajstić information content (AvgIpc) is 3.64. The lowest BCUT2D eigenvalue weighted by molar-refractivity contribution is -0.162. The second-order valence-electron chi connectivity index (χ2n) is 12.2. The van der Waals surface area contributed by atoms with Gasteiger partial charge in [-0.15, -0.1) is 0 Å². The Morgan fingerprint density at radius 1 is 1.07 bits per heavy atom. The Balaban J connectivity index is 1.59. The van der Waals surface area contributed by atoms with E-state index in [9.17, 15) is 24.3 Å². The van der Waals surface area contributed by atoms with Gasteiger partial charge in [-0.1, -0.05) is 68.0 Å². The van der Waals surface area contributed by atoms with E-state index in [0.717, 1.165) is 12.8 Å². The summed E-state index contributed by atoms with van der Waals surface area (Å²) in [6.07, 6.45) is 8.04. The zero-order chi connectivity index (χ0) is 30.9. The molecule has 43 heavy (non-hydrogen) atoms. The predicted molar refractivity (Wildman–Crippen MR) is 158 cm³/mol. The molecule has 1 unspecified atom stereocenters. The highest BCUT2D eigenvalue weighted by Crippen LogP contribution is 2.56. The summed E-state index contributed by atoms with van der Waals surface area (Å²) in [7, 11) is 0. The number of rotatable bonds is 6. The van der Waals surface area contributed by atoms with Crippen LogP contribution in [0.3, 0.4) is 0 Å². The van der Waals surface area contributed by atoms with Crippen LogP contribution < -0.4 is 5.32 Å². The molecule has 0 radical (unpaired) electrons. The lowest BCUT2D eigenvalue weighted by Gasteiger charge is -2.39. The van der Waals surface area contributed by atoms with Crippen LogP contribution in [-0.2, 0) is 28.7 Å². The van der Waals surface area contributed by atoms with Gasteiger partial charge in [0.15, 0.2) is 0 Å². The fourth-order valence-electron chi connectivity index (χ4n) is 7.16. The molecule has 3 amide bonds. The fourth-order valence-corrected chi connectivity index (χ4v) is 7.16. The quantitative estimate of drug-likeness (QED) is 0.384. The maximum Gasteiger partial charge on any atom is 0.313 e. The SMILES string of the molecule is CCCC(C)N1C/C=C\CCC(=O)N[C@H](C)[C@@H](c2ccccc2)OC(=O)[C@@H]2[C@@H]3C=C[C@]4(O3)[C@H](C1=O)N([C@H](C)CO)C(=O)[C@@H]24. The van der Waals surface area contributed by atoms with Gasteiger partial charge in [-0.05, 0) is 39.2 Å². The summed E-state index contributed by atoms with van der Waals surface area (Å²) in [5.41, 5.74) is -0.659. The third-order valence-corrected chi connectivity index (χ3v) is 9.30. The second kappa shape index (κ2) is 12.6. The average molecular weight is 594 g/mol. The lowest BCUT2D eigenvalue weighted by Crippen LogP contribution is -2.59. The summed E-state index contributed by atoms with van der Waals surface area (Å²) in [5.74, 6) is -3.50. The van der Waals surface area contributed by atoms with Crippen molar-refractivity contribution in [3.63, 3.8) is 0 Å². The lowest BCUT2D eigenvalue weighted by atomic mass is 9.74. The molecule has 0 saturated carbocycles. The summed E-state index contributed by atoms with van der Waals surface area (Å²) in [4.78, 5) is 58.9. The van der Waals surface area contributed by atoms with Gasteiger partial charge in [-0.25, -0.2) is 0 Å². The third kappa shape index (κ3) is 5.51. The molecule has 10 heteroatoms. The first kappa shape index (κ1) is 30.9. The molecule has 1 spiro atoms. The molecule has 5 rings (SSSR count). The van der Waals surface area contributed by atoms with Crippen LogP contribution in [0.25, 0.3) is 0 Å². The van der Waals surface area contributed by atoms with Crippen LogP contribution >= 0.6 is 0 Å². The summed E-state index contributed by atoms with van der Waals surface area (Å²) in [5, 5.41) is 13.1. The van der Waals surface area contributed by atoms with Gasteiger partial charge >= 0.3 is 5.97 Å². The number of fused-ring (bicyclic) bond motifs is 2. The minimum Gasteiger partial charge on any atom is -0.455 e. The van der Waals surface area contributed by atoms with Crippen molar-refractivity contribution in [1.82, 2.24) is 15.1 Å². The highest BCUT2D eigenvalue weighted by Gasteiger charge is 2.74. The Kier molecular flexibility index (Phi) is 9.08. The maximum absolute atomic E-state index is 14.5.